The summed E-state index contributed by atoms with van der Waals surface area (Å²) in [6, 6.07) is 6.29. The summed E-state index contributed by atoms with van der Waals surface area (Å²) in [5.41, 5.74) is 0. The molecule has 0 N–H and O–H groups in total. The summed E-state index contributed by atoms with van der Waals surface area (Å²) < 4.78 is 35.4. The van der Waals surface area contributed by atoms with Crippen molar-refractivity contribution in [2.45, 2.75) is 56.5 Å². The Balaban J connectivity index is 1.70. The summed E-state index contributed by atoms with van der Waals surface area (Å²) in [5.74, 6) is 3.10. The lowest BCUT2D eigenvalue weighted by atomic mass is 10.0. The first kappa shape index (κ1) is 18.4. The zero-order valence-electron chi connectivity index (χ0n) is 16.0. The lowest BCUT2D eigenvalue weighted by molar-refractivity contribution is 0.222. The topological polar surface area (TPSA) is 77.3 Å². The summed E-state index contributed by atoms with van der Waals surface area (Å²) in [6.07, 6.45) is 2.98. The number of benzene rings is 1. The van der Waals surface area contributed by atoms with Gasteiger partial charge in [0.2, 0.25) is 10.0 Å². The lowest BCUT2D eigenvalue weighted by Gasteiger charge is -2.35. The van der Waals surface area contributed by atoms with E-state index in [0.29, 0.717) is 30.7 Å². The van der Waals surface area contributed by atoms with Crippen molar-refractivity contribution >= 4 is 10.0 Å². The predicted molar refractivity (Wildman–Crippen MR) is 101 cm³/mol. The monoisotopic (exact) mass is 390 g/mol. The molecular weight excluding hydrogens is 364 g/mol. The van der Waals surface area contributed by atoms with E-state index in [1.807, 2.05) is 4.68 Å². The van der Waals surface area contributed by atoms with E-state index in [9.17, 15) is 8.42 Å². The van der Waals surface area contributed by atoms with Crippen molar-refractivity contribution in [2.75, 3.05) is 13.7 Å². The van der Waals surface area contributed by atoms with Gasteiger partial charge in [-0.25, -0.2) is 18.1 Å². The molecule has 0 unspecified atom stereocenters. The minimum absolute atomic E-state index is 0.285. The maximum Gasteiger partial charge on any atom is 0.243 e. The highest BCUT2D eigenvalue weighted by Gasteiger charge is 2.40. The Morgan fingerprint density at radius 3 is 2.48 bits per heavy atom. The molecule has 2 heterocycles. The molecule has 0 saturated heterocycles. The molecule has 2 aromatic rings. The number of hydrogen-bond acceptors (Lipinski definition) is 5. The van der Waals surface area contributed by atoms with E-state index in [2.05, 4.69) is 18.9 Å². The summed E-state index contributed by atoms with van der Waals surface area (Å²) in [4.78, 5) is 5.04. The Morgan fingerprint density at radius 2 is 1.89 bits per heavy atom. The summed E-state index contributed by atoms with van der Waals surface area (Å²) in [7, 11) is -2.06. The highest BCUT2D eigenvalue weighted by molar-refractivity contribution is 7.89. The van der Waals surface area contributed by atoms with Gasteiger partial charge in [-0.15, -0.1) is 0 Å². The maximum absolute atomic E-state index is 13.4. The van der Waals surface area contributed by atoms with E-state index in [1.54, 1.807) is 35.7 Å². The van der Waals surface area contributed by atoms with Gasteiger partial charge in [0.25, 0.3) is 0 Å². The Labute approximate surface area is 160 Å². The van der Waals surface area contributed by atoms with Crippen LogP contribution >= 0.6 is 0 Å². The average Bonchev–Trinajstić information content (AvgIpc) is 3.40. The van der Waals surface area contributed by atoms with Gasteiger partial charge in [0, 0.05) is 12.5 Å². The van der Waals surface area contributed by atoms with Gasteiger partial charge in [0.05, 0.1) is 24.6 Å². The van der Waals surface area contributed by atoms with Crippen molar-refractivity contribution in [1.82, 2.24) is 19.1 Å². The van der Waals surface area contributed by atoms with Crippen LogP contribution in [0.3, 0.4) is 0 Å². The number of methoxy groups -OCH3 is 1. The largest absolute Gasteiger partial charge is 0.497 e. The smallest absolute Gasteiger partial charge is 0.243 e. The first-order chi connectivity index (χ1) is 12.9. The van der Waals surface area contributed by atoms with Gasteiger partial charge < -0.3 is 4.74 Å². The highest BCUT2D eigenvalue weighted by atomic mass is 32.2. The normalized spacial score (nSPS) is 20.7. The van der Waals surface area contributed by atoms with Gasteiger partial charge in [-0.05, 0) is 49.4 Å². The quantitative estimate of drug-likeness (QED) is 0.758. The Bertz CT molecular complexity index is 917. The van der Waals surface area contributed by atoms with Crippen LogP contribution in [-0.2, 0) is 16.6 Å². The number of ether oxygens (including phenoxy) is 1. The number of nitrogens with zero attached hydrogens (tertiary/aromatic N) is 4. The second-order valence-corrected chi connectivity index (χ2v) is 9.65. The van der Waals surface area contributed by atoms with Crippen LogP contribution in [0, 0.1) is 5.92 Å². The first-order valence-corrected chi connectivity index (χ1v) is 10.9. The van der Waals surface area contributed by atoms with E-state index in [4.69, 9.17) is 9.72 Å². The van der Waals surface area contributed by atoms with Crippen molar-refractivity contribution in [1.29, 1.82) is 0 Å². The highest BCUT2D eigenvalue weighted by Crippen LogP contribution is 2.41. The van der Waals surface area contributed by atoms with Crippen LogP contribution in [0.2, 0.25) is 0 Å². The van der Waals surface area contributed by atoms with Crippen LogP contribution in [0.1, 0.15) is 56.7 Å². The minimum Gasteiger partial charge on any atom is -0.497 e. The average molecular weight is 391 g/mol. The molecule has 146 valence electrons. The molecule has 4 rings (SSSR count). The van der Waals surface area contributed by atoms with Gasteiger partial charge in [0.1, 0.15) is 11.6 Å². The molecule has 0 radical (unpaired) electrons. The molecule has 0 amide bonds. The molecule has 1 fully saturated rings. The van der Waals surface area contributed by atoms with Crippen molar-refractivity contribution < 1.29 is 13.2 Å². The van der Waals surface area contributed by atoms with E-state index >= 15 is 0 Å². The van der Waals surface area contributed by atoms with Gasteiger partial charge >= 0.3 is 0 Å². The fourth-order valence-corrected chi connectivity index (χ4v) is 5.20. The molecule has 27 heavy (non-hydrogen) atoms. The summed E-state index contributed by atoms with van der Waals surface area (Å²) >= 11 is 0. The Kier molecular flexibility index (Phi) is 4.71. The van der Waals surface area contributed by atoms with Crippen molar-refractivity contribution in [3.05, 3.63) is 35.9 Å². The number of hydrogen-bond donors (Lipinski definition) is 0. The molecule has 7 nitrogen and oxygen atoms in total. The molecule has 2 aliphatic rings. The van der Waals surface area contributed by atoms with Gasteiger partial charge in [-0.3, -0.25) is 0 Å². The lowest BCUT2D eigenvalue weighted by Crippen LogP contribution is -2.43. The van der Waals surface area contributed by atoms with Crippen molar-refractivity contribution in [3.63, 3.8) is 0 Å². The Morgan fingerprint density at radius 1 is 1.19 bits per heavy atom. The SMILES string of the molecule is COc1ccc(S(=O)(=O)N2CCn3nc(C4CC4)nc3[C@@H]2CC(C)C)cc1. The third-order valence-corrected chi connectivity index (χ3v) is 7.12. The minimum atomic E-state index is -3.62. The van der Waals surface area contributed by atoms with Crippen LogP contribution < -0.4 is 4.74 Å². The number of fused-ring (bicyclic) bond motifs is 1. The first-order valence-electron chi connectivity index (χ1n) is 9.50. The van der Waals surface area contributed by atoms with E-state index in [1.165, 1.54) is 0 Å². The third-order valence-electron chi connectivity index (χ3n) is 5.20. The van der Waals surface area contributed by atoms with Crippen LogP contribution in [0.5, 0.6) is 5.75 Å². The van der Waals surface area contributed by atoms with Crippen molar-refractivity contribution in [2.24, 2.45) is 5.92 Å². The van der Waals surface area contributed by atoms with Crippen LogP contribution in [0.4, 0.5) is 0 Å². The Hall–Kier alpha value is -1.93. The van der Waals surface area contributed by atoms with E-state index in [-0.39, 0.29) is 10.9 Å². The molecule has 1 aliphatic carbocycles. The van der Waals surface area contributed by atoms with Gasteiger partial charge in [0.15, 0.2) is 5.82 Å². The zero-order chi connectivity index (χ0) is 19.2. The molecule has 0 bridgehead atoms. The molecular formula is C19H26N4O3S. The number of sulfonamides is 1. The van der Waals surface area contributed by atoms with Gasteiger partial charge in [-0.1, -0.05) is 13.8 Å². The third kappa shape index (κ3) is 3.48. The summed E-state index contributed by atoms with van der Waals surface area (Å²) in [6.45, 7) is 5.16. The molecule has 1 atom stereocenters. The fraction of sp³-hybridized carbons (Fsp3) is 0.579. The number of aromatic nitrogens is 3. The molecule has 1 aliphatic heterocycles. The van der Waals surface area contributed by atoms with Crippen LogP contribution in [-0.4, -0.2) is 41.1 Å². The van der Waals surface area contributed by atoms with Gasteiger partial charge in [-0.2, -0.15) is 9.40 Å². The summed E-state index contributed by atoms with van der Waals surface area (Å²) in [5, 5.41) is 4.65. The molecule has 1 aromatic carbocycles. The number of rotatable bonds is 6. The maximum atomic E-state index is 13.4. The van der Waals surface area contributed by atoms with E-state index in [0.717, 1.165) is 30.9 Å². The van der Waals surface area contributed by atoms with E-state index < -0.39 is 10.0 Å². The van der Waals surface area contributed by atoms with Crippen LogP contribution in [0.15, 0.2) is 29.2 Å². The standard InChI is InChI=1S/C19H26N4O3S/c1-13(2)12-17-19-20-18(14-4-5-14)21-22(19)10-11-23(17)27(24,25)16-8-6-15(26-3)7-9-16/h6-9,13-14,17H,4-5,10-12H2,1-3H3/t17-/m0/s1. The fourth-order valence-electron chi connectivity index (χ4n) is 3.62. The molecule has 1 saturated carbocycles. The molecule has 1 aromatic heterocycles. The van der Waals surface area contributed by atoms with Crippen LogP contribution in [0.25, 0.3) is 0 Å². The zero-order valence-corrected chi connectivity index (χ0v) is 16.8. The second kappa shape index (κ2) is 6.91. The van der Waals surface area contributed by atoms with Crippen molar-refractivity contribution in [3.8, 4) is 5.75 Å². The predicted octanol–water partition coefficient (Wildman–Crippen LogP) is 2.96. The second-order valence-electron chi connectivity index (χ2n) is 7.76. The molecule has 0 spiro atoms. The molecule has 8 heteroatoms.